The molecule has 3 heterocycles. The summed E-state index contributed by atoms with van der Waals surface area (Å²) in [6, 6.07) is 5.72. The highest BCUT2D eigenvalue weighted by atomic mass is 19.1. The average Bonchev–Trinajstić information content (AvgIpc) is 3.69. The second-order valence-corrected chi connectivity index (χ2v) is 14.3. The Morgan fingerprint density at radius 3 is 2.40 bits per heavy atom. The molecule has 2 aliphatic heterocycles. The van der Waals surface area contributed by atoms with Crippen LogP contribution in [0.5, 0.6) is 0 Å². The topological polar surface area (TPSA) is 130 Å². The number of esters is 1. The molecule has 0 radical (unpaired) electrons. The lowest BCUT2D eigenvalue weighted by Gasteiger charge is -2.38. The zero-order valence-electron chi connectivity index (χ0n) is 28.7. The molecule has 3 aliphatic rings. The van der Waals surface area contributed by atoms with Crippen LogP contribution in [0.25, 0.3) is 11.0 Å². The number of carbonyl (C=O) groups excluding carboxylic acids is 4. The lowest BCUT2D eigenvalue weighted by molar-refractivity contribution is -0.142. The summed E-state index contributed by atoms with van der Waals surface area (Å²) in [6.07, 6.45) is 6.25. The Morgan fingerprint density at radius 2 is 1.73 bits per heavy atom. The van der Waals surface area contributed by atoms with Gasteiger partial charge in [0.05, 0.1) is 13.3 Å². The number of furan rings is 1. The molecule has 1 aromatic heterocycles. The predicted molar refractivity (Wildman–Crippen MR) is 179 cm³/mol. The number of hydrogen-bond acceptors (Lipinski definition) is 8. The second kappa shape index (κ2) is 15.7. The molecule has 264 valence electrons. The van der Waals surface area contributed by atoms with Crippen molar-refractivity contribution in [3.63, 3.8) is 0 Å². The van der Waals surface area contributed by atoms with Crippen LogP contribution >= 0.6 is 0 Å². The number of rotatable bonds is 10. The fraction of sp³-hybridized carbons (Fsp3) is 0.667. The maximum atomic E-state index is 14.1. The first kappa shape index (κ1) is 35.6. The van der Waals surface area contributed by atoms with E-state index in [1.807, 2.05) is 0 Å². The number of halogens is 1. The van der Waals surface area contributed by atoms with Crippen LogP contribution in [-0.4, -0.2) is 90.3 Å². The molecule has 1 aromatic carbocycles. The highest BCUT2D eigenvalue weighted by Gasteiger charge is 2.46. The van der Waals surface area contributed by atoms with Gasteiger partial charge in [0.2, 0.25) is 17.6 Å². The van der Waals surface area contributed by atoms with Gasteiger partial charge in [-0.25, -0.2) is 9.59 Å². The number of alkyl halides is 1. The van der Waals surface area contributed by atoms with E-state index in [0.29, 0.717) is 48.9 Å². The van der Waals surface area contributed by atoms with E-state index >= 15 is 0 Å². The van der Waals surface area contributed by atoms with E-state index in [2.05, 4.69) is 15.5 Å². The molecular weight excluding hydrogens is 619 g/mol. The minimum Gasteiger partial charge on any atom is -0.460 e. The number of ether oxygens (including phenoxy) is 2. The smallest absolute Gasteiger partial charge is 0.407 e. The minimum absolute atomic E-state index is 0.0142. The molecule has 3 amide bonds. The molecule has 0 spiro atoms. The number of fused-ring (bicyclic) bond motifs is 1. The highest BCUT2D eigenvalue weighted by Crippen LogP contribution is 2.36. The number of nitrogens with one attached hydrogen (secondary N) is 2. The standard InChI is InChI=1S/C36H51FN4O7/c1-5-46-34(44)30-22-25-21-26(13-14-29(25)47-30)38-32(42)31-28(40-18-7-6-8-19-40)16-20-41(31)33(43)24-11-9-23(10-12-24)27(15-17-37)39-35(45)48-36(2,3)4/h13-14,21-24,27-28,31H,5-12,15-20H2,1-4H3,(H,38,42)(H,39,45)/t23?,24?,27-,28-,31?/m1/s1. The van der Waals surface area contributed by atoms with Gasteiger partial charge < -0.3 is 29.4 Å². The van der Waals surface area contributed by atoms with Gasteiger partial charge in [-0.15, -0.1) is 0 Å². The number of likely N-dealkylation sites (tertiary alicyclic amines) is 2. The predicted octanol–water partition coefficient (Wildman–Crippen LogP) is 6.06. The van der Waals surface area contributed by atoms with Gasteiger partial charge in [-0.2, -0.15) is 0 Å². The normalized spacial score (nSPS) is 24.2. The van der Waals surface area contributed by atoms with Crippen LogP contribution in [0.3, 0.4) is 0 Å². The van der Waals surface area contributed by atoms with Crippen molar-refractivity contribution in [2.24, 2.45) is 11.8 Å². The van der Waals surface area contributed by atoms with Crippen molar-refractivity contribution < 1.29 is 37.5 Å². The van der Waals surface area contributed by atoms with Crippen molar-refractivity contribution in [3.8, 4) is 0 Å². The van der Waals surface area contributed by atoms with Gasteiger partial charge in [0, 0.05) is 35.6 Å². The van der Waals surface area contributed by atoms with E-state index in [9.17, 15) is 23.6 Å². The maximum Gasteiger partial charge on any atom is 0.407 e. The Morgan fingerprint density at radius 1 is 1.00 bits per heavy atom. The number of alkyl carbamates (subject to hydrolysis) is 1. The Kier molecular flexibility index (Phi) is 11.7. The molecule has 2 saturated heterocycles. The Labute approximate surface area is 282 Å². The number of piperidine rings is 1. The summed E-state index contributed by atoms with van der Waals surface area (Å²) in [5.74, 6) is -0.900. The first-order chi connectivity index (χ1) is 23.0. The summed E-state index contributed by atoms with van der Waals surface area (Å²) in [4.78, 5) is 57.0. The summed E-state index contributed by atoms with van der Waals surface area (Å²) in [5, 5.41) is 6.59. The van der Waals surface area contributed by atoms with E-state index in [1.54, 1.807) is 56.9 Å². The fourth-order valence-electron chi connectivity index (χ4n) is 7.62. The molecule has 5 rings (SSSR count). The summed E-state index contributed by atoms with van der Waals surface area (Å²) in [5.41, 5.74) is 0.404. The summed E-state index contributed by atoms with van der Waals surface area (Å²) in [7, 11) is 0. The molecule has 48 heavy (non-hydrogen) atoms. The van der Waals surface area contributed by atoms with Gasteiger partial charge in [-0.3, -0.25) is 18.9 Å². The lowest BCUT2D eigenvalue weighted by Crippen LogP contribution is -2.55. The molecule has 0 bridgehead atoms. The summed E-state index contributed by atoms with van der Waals surface area (Å²) in [6.45, 7) is 9.08. The maximum absolute atomic E-state index is 14.1. The van der Waals surface area contributed by atoms with Gasteiger partial charge >= 0.3 is 12.1 Å². The molecule has 1 unspecified atom stereocenters. The van der Waals surface area contributed by atoms with Crippen molar-refractivity contribution >= 4 is 40.5 Å². The van der Waals surface area contributed by atoms with Gasteiger partial charge in [0.15, 0.2) is 0 Å². The molecule has 2 N–H and O–H groups in total. The van der Waals surface area contributed by atoms with Crippen LogP contribution in [0.15, 0.2) is 28.7 Å². The third-order valence-corrected chi connectivity index (χ3v) is 9.85. The Bertz CT molecular complexity index is 1440. The second-order valence-electron chi connectivity index (χ2n) is 14.3. The number of anilines is 1. The number of benzene rings is 1. The van der Waals surface area contributed by atoms with Crippen LogP contribution < -0.4 is 10.6 Å². The Hall–Kier alpha value is -3.67. The van der Waals surface area contributed by atoms with E-state index < -0.39 is 30.4 Å². The van der Waals surface area contributed by atoms with Crippen LogP contribution in [0, 0.1) is 11.8 Å². The Balaban J connectivity index is 1.27. The highest BCUT2D eigenvalue weighted by molar-refractivity contribution is 6.00. The number of carbonyl (C=O) groups is 4. The molecule has 1 saturated carbocycles. The quantitative estimate of drug-likeness (QED) is 0.292. The van der Waals surface area contributed by atoms with Crippen LogP contribution in [0.4, 0.5) is 14.9 Å². The number of hydrogen-bond donors (Lipinski definition) is 2. The fourth-order valence-corrected chi connectivity index (χ4v) is 7.62. The van der Waals surface area contributed by atoms with E-state index in [0.717, 1.165) is 38.8 Å². The van der Waals surface area contributed by atoms with Crippen molar-refractivity contribution in [2.75, 3.05) is 38.2 Å². The minimum atomic E-state index is -0.654. The van der Waals surface area contributed by atoms with Crippen molar-refractivity contribution in [3.05, 3.63) is 30.0 Å². The van der Waals surface area contributed by atoms with Crippen LogP contribution in [-0.2, 0) is 19.1 Å². The van der Waals surface area contributed by atoms with E-state index in [1.165, 1.54) is 0 Å². The van der Waals surface area contributed by atoms with Crippen molar-refractivity contribution in [2.45, 2.75) is 109 Å². The summed E-state index contributed by atoms with van der Waals surface area (Å²) >= 11 is 0. The van der Waals surface area contributed by atoms with Gasteiger partial charge in [-0.05, 0) is 122 Å². The zero-order chi connectivity index (χ0) is 34.4. The van der Waals surface area contributed by atoms with E-state index in [4.69, 9.17) is 13.9 Å². The molecule has 11 nitrogen and oxygen atoms in total. The molecule has 2 aromatic rings. The van der Waals surface area contributed by atoms with Gasteiger partial charge in [-0.1, -0.05) is 6.42 Å². The number of nitrogens with zero attached hydrogens (tertiary/aromatic N) is 2. The van der Waals surface area contributed by atoms with Crippen LogP contribution in [0.1, 0.15) is 96.0 Å². The zero-order valence-corrected chi connectivity index (χ0v) is 28.7. The largest absolute Gasteiger partial charge is 0.460 e. The molecule has 3 fully saturated rings. The monoisotopic (exact) mass is 670 g/mol. The van der Waals surface area contributed by atoms with Crippen molar-refractivity contribution in [1.82, 2.24) is 15.1 Å². The number of amides is 3. The molecule has 12 heteroatoms. The molecule has 1 aliphatic carbocycles. The van der Waals surface area contributed by atoms with Gasteiger partial charge in [0.25, 0.3) is 0 Å². The SMILES string of the molecule is CCOC(=O)c1cc2cc(NC(=O)C3[C@H](N4CCCCC4)CCN3C(=O)C3CCC([C@@H](CCF)NC(=O)OC(C)(C)C)CC3)ccc2o1. The van der Waals surface area contributed by atoms with Crippen molar-refractivity contribution in [1.29, 1.82) is 0 Å². The van der Waals surface area contributed by atoms with E-state index in [-0.39, 0.29) is 54.5 Å². The summed E-state index contributed by atoms with van der Waals surface area (Å²) < 4.78 is 29.6. The molecule has 3 atom stereocenters. The lowest BCUT2D eigenvalue weighted by atomic mass is 9.77. The average molecular weight is 671 g/mol. The molecular formula is C36H51FN4O7. The van der Waals surface area contributed by atoms with Gasteiger partial charge in [0.1, 0.15) is 17.2 Å². The third kappa shape index (κ3) is 8.67. The third-order valence-electron chi connectivity index (χ3n) is 9.85. The van der Waals surface area contributed by atoms with Crippen LogP contribution in [0.2, 0.25) is 0 Å². The first-order valence-electron chi connectivity index (χ1n) is 17.6. The first-order valence-corrected chi connectivity index (χ1v) is 17.6.